The van der Waals surface area contributed by atoms with E-state index in [-0.39, 0.29) is 0 Å². The van der Waals surface area contributed by atoms with Gasteiger partial charge in [0.15, 0.2) is 0 Å². The third-order valence-electron chi connectivity index (χ3n) is 21.6. The van der Waals surface area contributed by atoms with Gasteiger partial charge in [-0.2, -0.15) is 10.2 Å². The maximum absolute atomic E-state index is 5.71. The van der Waals surface area contributed by atoms with Crippen LogP contribution in [0.5, 0.6) is 0 Å². The Balaban J connectivity index is 0.0000000914. The monoisotopic (exact) mass is 1450 g/mol. The predicted molar refractivity (Wildman–Crippen MR) is 453 cm³/mol. The van der Waals surface area contributed by atoms with Crippen LogP contribution < -0.4 is 21.3 Å². The molecule has 0 bridgehead atoms. The van der Waals surface area contributed by atoms with Crippen molar-refractivity contribution < 1.29 is 17.7 Å². The Bertz CT molecular complexity index is 7900. The van der Waals surface area contributed by atoms with Crippen molar-refractivity contribution in [2.75, 3.05) is 0 Å². The molecule has 0 fully saturated rings. The highest BCUT2D eigenvalue weighted by Crippen LogP contribution is 2.42. The summed E-state index contributed by atoms with van der Waals surface area (Å²) in [7, 11) is 0. The molecule has 111 heavy (non-hydrogen) atoms. The zero-order chi connectivity index (χ0) is 73.0. The second kappa shape index (κ2) is 25.9. The summed E-state index contributed by atoms with van der Waals surface area (Å²) in [5, 5.41) is 30.2. The van der Waals surface area contributed by atoms with E-state index in [1.807, 2.05) is 90.7 Å². The summed E-state index contributed by atoms with van der Waals surface area (Å²) >= 11 is 1.82. The first kappa shape index (κ1) is 63.3. The van der Waals surface area contributed by atoms with Crippen LogP contribution in [0.2, 0.25) is 0 Å². The lowest BCUT2D eigenvalue weighted by molar-refractivity contribution is 0.616. The van der Waals surface area contributed by atoms with Crippen LogP contribution in [-0.4, -0.2) is 33.4 Å². The zero-order valence-electron chi connectivity index (χ0n) is 59.2. The lowest BCUT2D eigenvalue weighted by Crippen LogP contribution is -2.45. The fourth-order valence-corrected chi connectivity index (χ4v) is 17.5. The van der Waals surface area contributed by atoms with E-state index in [2.05, 4.69) is 299 Å². The normalized spacial score (nSPS) is 12.2. The lowest BCUT2D eigenvalue weighted by atomic mass is 10.0. The van der Waals surface area contributed by atoms with E-state index in [0.29, 0.717) is 0 Å². The van der Waals surface area contributed by atoms with E-state index in [0.717, 1.165) is 127 Å². The molecule has 13 nitrogen and oxygen atoms in total. The minimum Gasteiger partial charge on any atom is -0.464 e. The minimum absolute atomic E-state index is 0.850. The van der Waals surface area contributed by atoms with E-state index in [1.165, 1.54) is 80.1 Å². The third kappa shape index (κ3) is 10.6. The predicted octanol–water partition coefficient (Wildman–Crippen LogP) is 23.5. The number of nitrogens with zero attached hydrogens (tertiary/aromatic N) is 7. The molecular formula is C97H61N9O4S. The Hall–Kier alpha value is -15.0. The SMILES string of the molecule is C1=c2ccccc2=C(n2c3ccccc3c3cc4ccoc4cc32)NN1.c1ccc(-c2cc(-n3c4ccccc4c4cc5ccoc5cc43)cnn2)cc1.c1ccc2c(-c3ccc(-n4c5ccccc5c5cc6ccoc6cc54)cc3)cncc2c1.c1ccc2sc(-n3c4ccccc4c4cc5ccoc5cc43)cc2c1. The van der Waals surface area contributed by atoms with Gasteiger partial charge in [0.1, 0.15) is 33.2 Å². The van der Waals surface area contributed by atoms with Gasteiger partial charge in [0.25, 0.3) is 0 Å². The average molecular weight is 1450 g/mol. The van der Waals surface area contributed by atoms with Crippen LogP contribution in [0.4, 0.5) is 0 Å². The van der Waals surface area contributed by atoms with Gasteiger partial charge in [-0.1, -0.05) is 182 Å². The van der Waals surface area contributed by atoms with Gasteiger partial charge in [-0.3, -0.25) is 15.0 Å². The molecule has 12 heterocycles. The summed E-state index contributed by atoms with van der Waals surface area (Å²) in [5.41, 5.74) is 25.7. The molecule has 2 N–H and O–H groups in total. The topological polar surface area (TPSA) is 135 Å². The summed E-state index contributed by atoms with van der Waals surface area (Å²) in [6.45, 7) is 0. The van der Waals surface area contributed by atoms with E-state index in [4.69, 9.17) is 17.7 Å². The number of rotatable bonds is 6. The Morgan fingerprint density at radius 1 is 0.306 bits per heavy atom. The van der Waals surface area contributed by atoms with Gasteiger partial charge in [-0.15, -0.1) is 11.3 Å². The zero-order valence-corrected chi connectivity index (χ0v) is 60.1. The van der Waals surface area contributed by atoms with Crippen molar-refractivity contribution in [3.05, 3.63) is 363 Å². The number of pyridine rings is 1. The van der Waals surface area contributed by atoms with E-state index < -0.39 is 0 Å². The molecule has 0 radical (unpaired) electrons. The smallest absolute Gasteiger partial charge is 0.137 e. The second-order valence-corrected chi connectivity index (χ2v) is 28.9. The first-order valence-electron chi connectivity index (χ1n) is 36.8. The highest BCUT2D eigenvalue weighted by atomic mass is 32.1. The van der Waals surface area contributed by atoms with E-state index in [1.54, 1.807) is 25.1 Å². The Labute approximate surface area is 635 Å². The van der Waals surface area contributed by atoms with Gasteiger partial charge in [-0.05, 0) is 119 Å². The molecule has 13 aromatic carbocycles. The van der Waals surface area contributed by atoms with Crippen LogP contribution in [0.1, 0.15) is 0 Å². The largest absolute Gasteiger partial charge is 0.464 e. The molecule has 14 heteroatoms. The van der Waals surface area contributed by atoms with Gasteiger partial charge >= 0.3 is 0 Å². The van der Waals surface area contributed by atoms with Crippen molar-refractivity contribution in [1.82, 2.24) is 44.3 Å². The number of hydrogen-bond donors (Lipinski definition) is 2. The van der Waals surface area contributed by atoms with Crippen molar-refractivity contribution >= 4 is 175 Å². The van der Waals surface area contributed by atoms with Crippen molar-refractivity contribution in [3.8, 4) is 38.8 Å². The minimum atomic E-state index is 0.850. The summed E-state index contributed by atoms with van der Waals surface area (Å²) in [4.78, 5) is 4.45. The summed E-state index contributed by atoms with van der Waals surface area (Å²) < 4.78 is 33.2. The molecule has 0 aliphatic carbocycles. The molecule has 1 aliphatic heterocycles. The van der Waals surface area contributed by atoms with Gasteiger partial charge in [0.05, 0.1) is 86.8 Å². The number of hydrogen-bond acceptors (Lipinski definition) is 10. The van der Waals surface area contributed by atoms with Crippen molar-refractivity contribution in [2.24, 2.45) is 0 Å². The molecule has 24 aromatic rings. The molecule has 1 aliphatic rings. The van der Waals surface area contributed by atoms with E-state index in [9.17, 15) is 0 Å². The maximum atomic E-state index is 5.71. The molecule has 0 atom stereocenters. The van der Waals surface area contributed by atoms with Crippen molar-refractivity contribution in [2.45, 2.75) is 0 Å². The van der Waals surface area contributed by atoms with E-state index >= 15 is 0 Å². The molecule has 524 valence electrons. The van der Waals surface area contributed by atoms with Gasteiger partial charge < -0.3 is 36.8 Å². The number of hydrazine groups is 1. The van der Waals surface area contributed by atoms with Crippen LogP contribution in [-0.2, 0) is 0 Å². The average Bonchev–Trinajstić information content (AvgIpc) is 1.60. The van der Waals surface area contributed by atoms with Crippen molar-refractivity contribution in [3.63, 3.8) is 0 Å². The fraction of sp³-hybridized carbons (Fsp3) is 0. The van der Waals surface area contributed by atoms with Crippen LogP contribution in [0.3, 0.4) is 0 Å². The first-order valence-corrected chi connectivity index (χ1v) is 37.6. The highest BCUT2D eigenvalue weighted by molar-refractivity contribution is 7.21. The maximum Gasteiger partial charge on any atom is 0.137 e. The van der Waals surface area contributed by atoms with Crippen LogP contribution >= 0.6 is 11.3 Å². The number of aromatic nitrogens is 7. The number of thiophene rings is 1. The summed E-state index contributed by atoms with van der Waals surface area (Å²) in [6.07, 6.45) is 14.7. The standard InChI is InChI=1S/C29H18N2O.C24H15N3O.C22H15N3O.C22H13NOS/c1-2-6-23-21(5-1)17-30-18-26(23)19-9-11-22(12-10-19)31-27-8-4-3-7-24(27)25-15-20-13-14-32-29(20)16-28(25)31;1-2-6-16(7-3-1)21-13-18(15-25-26-21)27-22-9-5-4-8-19(22)20-12-17-10-11-28-24(17)14-23(20)27;1-2-6-16-15(5-1)13-23-24-22(16)25-19-8-4-3-7-17(19)18-11-14-9-10-26-21(14)12-20(18)25;1-4-8-21-15(5-1)12-22(25-21)23-18-7-3-2-6-16(18)17-11-14-9-10-24-20(14)13-19(17)23/h1-18H;1-15H;1-13,23-24H;1-13H. The Kier molecular flexibility index (Phi) is 14.8. The van der Waals surface area contributed by atoms with Crippen LogP contribution in [0.25, 0.3) is 203 Å². The number of benzene rings is 13. The number of para-hydroxylation sites is 4. The quantitative estimate of drug-likeness (QED) is 0.167. The Morgan fingerprint density at radius 2 is 0.766 bits per heavy atom. The van der Waals surface area contributed by atoms with Crippen molar-refractivity contribution in [1.29, 1.82) is 0 Å². The molecule has 0 spiro atoms. The highest BCUT2D eigenvalue weighted by Gasteiger charge is 2.22. The molecule has 25 rings (SSSR count). The molecule has 0 unspecified atom stereocenters. The summed E-state index contributed by atoms with van der Waals surface area (Å²) in [6, 6.07) is 108. The third-order valence-corrected chi connectivity index (χ3v) is 22.7. The molecule has 0 saturated heterocycles. The second-order valence-electron chi connectivity index (χ2n) is 27.8. The molecule has 0 saturated carbocycles. The fourth-order valence-electron chi connectivity index (χ4n) is 16.4. The molecular weight excluding hydrogens is 1390 g/mol. The summed E-state index contributed by atoms with van der Waals surface area (Å²) in [5.74, 6) is 1.01. The number of furan rings is 4. The Morgan fingerprint density at radius 3 is 1.33 bits per heavy atom. The van der Waals surface area contributed by atoms with Crippen LogP contribution in [0.15, 0.2) is 371 Å². The lowest BCUT2D eigenvalue weighted by Gasteiger charge is -2.18. The molecule has 11 aromatic heterocycles. The van der Waals surface area contributed by atoms with Gasteiger partial charge in [0.2, 0.25) is 0 Å². The number of fused-ring (bicyclic) bond motifs is 19. The van der Waals surface area contributed by atoms with Gasteiger partial charge in [0, 0.05) is 145 Å². The first-order chi connectivity index (χ1) is 55.0. The molecule has 0 amide bonds. The van der Waals surface area contributed by atoms with Gasteiger partial charge in [-0.25, -0.2) is 0 Å². The number of nitrogens with one attached hydrogen (secondary N) is 2. The van der Waals surface area contributed by atoms with Crippen LogP contribution in [0, 0.1) is 0 Å².